The maximum absolute atomic E-state index is 13.8. The normalized spacial score (nSPS) is 11.9. The van der Waals surface area contributed by atoms with E-state index >= 15 is 0 Å². The monoisotopic (exact) mass is 752 g/mol. The van der Waals surface area contributed by atoms with Crippen molar-refractivity contribution in [2.75, 3.05) is 32.0 Å². The fourth-order valence-corrected chi connectivity index (χ4v) is 6.59. The van der Waals surface area contributed by atoms with Gasteiger partial charge < -0.3 is 30.2 Å². The number of primary sulfonamides is 1. The van der Waals surface area contributed by atoms with Crippen molar-refractivity contribution in [3.8, 4) is 17.2 Å². The van der Waals surface area contributed by atoms with Crippen LogP contribution >= 0.6 is 11.8 Å². The number of nitrogens with one attached hydrogen (secondary N) is 3. The van der Waals surface area contributed by atoms with Gasteiger partial charge in [-0.15, -0.1) is 11.8 Å². The Labute approximate surface area is 311 Å². The summed E-state index contributed by atoms with van der Waals surface area (Å²) in [7, 11) is 0.566. The molecule has 0 radical (unpaired) electrons. The van der Waals surface area contributed by atoms with Gasteiger partial charge in [0, 0.05) is 33.5 Å². The Morgan fingerprint density at radius 3 is 1.83 bits per heavy atom. The maximum Gasteiger partial charge on any atom is 0.272 e. The highest BCUT2D eigenvalue weighted by molar-refractivity contribution is 8.00. The summed E-state index contributed by atoms with van der Waals surface area (Å²) in [5.74, 6) is -0.253. The number of hydrogen-bond acceptors (Lipinski definition) is 9. The zero-order valence-electron chi connectivity index (χ0n) is 28.9. The highest BCUT2D eigenvalue weighted by Gasteiger charge is 2.23. The Hall–Kier alpha value is -6.09. The number of hydrogen-bond donors (Lipinski definition) is 4. The van der Waals surface area contributed by atoms with Crippen molar-refractivity contribution < 1.29 is 37.0 Å². The van der Waals surface area contributed by atoms with Gasteiger partial charge in [0.05, 0.1) is 26.2 Å². The number of sulfonamides is 1. The lowest BCUT2D eigenvalue weighted by atomic mass is 10.1. The minimum absolute atomic E-state index is 0.0688. The second-order valence-corrected chi connectivity index (χ2v) is 14.0. The second kappa shape index (κ2) is 17.4. The predicted octanol–water partition coefficient (Wildman–Crippen LogP) is 6.24. The molecular formula is C39H36N4O8S2. The molecule has 0 bridgehead atoms. The van der Waals surface area contributed by atoms with Gasteiger partial charge in [0.25, 0.3) is 11.8 Å². The predicted molar refractivity (Wildman–Crippen MR) is 205 cm³/mol. The van der Waals surface area contributed by atoms with Gasteiger partial charge in [0.2, 0.25) is 15.9 Å². The van der Waals surface area contributed by atoms with Crippen LogP contribution in [0.4, 0.5) is 11.4 Å². The summed E-state index contributed by atoms with van der Waals surface area (Å²) in [5.41, 5.74) is 2.29. The molecule has 1 atom stereocenters. The van der Waals surface area contributed by atoms with Crippen molar-refractivity contribution in [2.45, 2.75) is 15.0 Å². The molecular weight excluding hydrogens is 717 g/mol. The first-order valence-corrected chi connectivity index (χ1v) is 18.4. The van der Waals surface area contributed by atoms with Gasteiger partial charge in [-0.25, -0.2) is 13.6 Å². The Bertz CT molecular complexity index is 2210. The van der Waals surface area contributed by atoms with Crippen LogP contribution in [0.15, 0.2) is 137 Å². The Morgan fingerprint density at radius 1 is 0.698 bits per heavy atom. The Balaban J connectivity index is 1.38. The summed E-state index contributed by atoms with van der Waals surface area (Å²) < 4.78 is 39.7. The number of anilines is 2. The molecule has 5 aromatic carbocycles. The fraction of sp³-hybridized carbons (Fsp3) is 0.103. The molecule has 0 fully saturated rings. The highest BCUT2D eigenvalue weighted by Crippen LogP contribution is 2.38. The van der Waals surface area contributed by atoms with E-state index in [1.165, 1.54) is 63.4 Å². The lowest BCUT2D eigenvalue weighted by molar-refractivity contribution is -0.116. The summed E-state index contributed by atoms with van der Waals surface area (Å²) in [4.78, 5) is 41.2. The summed E-state index contributed by atoms with van der Waals surface area (Å²) in [6, 6.07) is 33.3. The molecule has 0 aliphatic carbocycles. The van der Waals surface area contributed by atoms with E-state index in [-0.39, 0.29) is 16.5 Å². The maximum atomic E-state index is 13.8. The van der Waals surface area contributed by atoms with Gasteiger partial charge >= 0.3 is 0 Å². The molecule has 0 heterocycles. The lowest BCUT2D eigenvalue weighted by Crippen LogP contribution is -2.30. The van der Waals surface area contributed by atoms with E-state index in [1.54, 1.807) is 66.7 Å². The van der Waals surface area contributed by atoms with Crippen LogP contribution < -0.4 is 35.3 Å². The van der Waals surface area contributed by atoms with E-state index in [0.29, 0.717) is 39.8 Å². The van der Waals surface area contributed by atoms with E-state index in [9.17, 15) is 22.8 Å². The van der Waals surface area contributed by atoms with Crippen molar-refractivity contribution in [3.05, 3.63) is 144 Å². The summed E-state index contributed by atoms with van der Waals surface area (Å²) in [5, 5.41) is 12.9. The lowest BCUT2D eigenvalue weighted by Gasteiger charge is -2.18. The third-order valence-electron chi connectivity index (χ3n) is 7.72. The van der Waals surface area contributed by atoms with Crippen LogP contribution in [0.5, 0.6) is 17.2 Å². The van der Waals surface area contributed by atoms with Crippen LogP contribution in [-0.2, 0) is 19.6 Å². The van der Waals surface area contributed by atoms with E-state index in [0.717, 1.165) is 10.5 Å². The summed E-state index contributed by atoms with van der Waals surface area (Å²) in [6.45, 7) is 0. The van der Waals surface area contributed by atoms with Gasteiger partial charge in [-0.2, -0.15) is 0 Å². The van der Waals surface area contributed by atoms with E-state index < -0.39 is 27.1 Å². The number of amides is 3. The van der Waals surface area contributed by atoms with Gasteiger partial charge in [0.15, 0.2) is 11.5 Å². The minimum Gasteiger partial charge on any atom is -0.496 e. The third-order valence-corrected chi connectivity index (χ3v) is 9.92. The first-order chi connectivity index (χ1) is 25.5. The molecule has 5 rings (SSSR count). The number of thioether (sulfide) groups is 1. The molecule has 0 saturated heterocycles. The Kier molecular flexibility index (Phi) is 12.5. The summed E-state index contributed by atoms with van der Waals surface area (Å²) >= 11 is 1.28. The van der Waals surface area contributed by atoms with Crippen LogP contribution in [0.1, 0.15) is 26.7 Å². The molecule has 272 valence electrons. The van der Waals surface area contributed by atoms with E-state index in [2.05, 4.69) is 16.0 Å². The van der Waals surface area contributed by atoms with Gasteiger partial charge in [-0.1, -0.05) is 48.5 Å². The molecule has 1 unspecified atom stereocenters. The largest absolute Gasteiger partial charge is 0.496 e. The second-order valence-electron chi connectivity index (χ2n) is 11.3. The van der Waals surface area contributed by atoms with Crippen LogP contribution in [0.2, 0.25) is 0 Å². The topological polar surface area (TPSA) is 175 Å². The molecule has 0 saturated carbocycles. The number of rotatable bonds is 14. The third kappa shape index (κ3) is 10.0. The molecule has 0 aliphatic rings. The van der Waals surface area contributed by atoms with Crippen molar-refractivity contribution in [3.63, 3.8) is 0 Å². The number of nitrogens with two attached hydrogens (primary N) is 1. The molecule has 5 N–H and O–H groups in total. The molecule has 0 aliphatic heterocycles. The van der Waals surface area contributed by atoms with Gasteiger partial charge in [0.1, 0.15) is 16.7 Å². The number of ether oxygens (including phenoxy) is 3. The molecule has 0 aromatic heterocycles. The zero-order chi connectivity index (χ0) is 38.0. The molecule has 12 nitrogen and oxygen atoms in total. The zero-order valence-corrected chi connectivity index (χ0v) is 30.5. The number of carbonyl (C=O) groups is 3. The van der Waals surface area contributed by atoms with Crippen molar-refractivity contribution >= 4 is 57.0 Å². The van der Waals surface area contributed by atoms with E-state index in [1.807, 2.05) is 30.3 Å². The molecule has 5 aromatic rings. The highest BCUT2D eigenvalue weighted by atomic mass is 32.2. The molecule has 53 heavy (non-hydrogen) atoms. The van der Waals surface area contributed by atoms with Crippen LogP contribution in [0.25, 0.3) is 6.08 Å². The van der Waals surface area contributed by atoms with Crippen molar-refractivity contribution in [1.29, 1.82) is 0 Å². The van der Waals surface area contributed by atoms with Gasteiger partial charge in [-0.3, -0.25) is 14.4 Å². The van der Waals surface area contributed by atoms with Crippen LogP contribution in [-0.4, -0.2) is 47.5 Å². The minimum atomic E-state index is -3.88. The first kappa shape index (κ1) is 38.1. The van der Waals surface area contributed by atoms with Crippen LogP contribution in [0.3, 0.4) is 0 Å². The van der Waals surface area contributed by atoms with Gasteiger partial charge in [-0.05, 0) is 78.4 Å². The molecule has 0 spiro atoms. The van der Waals surface area contributed by atoms with Crippen molar-refractivity contribution in [1.82, 2.24) is 5.32 Å². The van der Waals surface area contributed by atoms with Crippen molar-refractivity contribution in [2.24, 2.45) is 5.14 Å². The average molecular weight is 753 g/mol. The standard InChI is InChI=1S/C39H36N4O8S2/c1-49-33-24-35(51-3)34(50-2)23-27(33)22-32(43-37(44)26-12-8-5-9-13-26)38(45)41-28-14-18-30(19-15-28)52-36(25-10-6-4-7-11-25)39(46)42-29-16-20-31(21-17-29)53(40,47)48/h4-24,36H,1-3H3,(H,41,45)(H,42,46)(H,43,44)(H2,40,47,48)/b32-22-. The number of benzene rings is 5. The summed E-state index contributed by atoms with van der Waals surface area (Å²) in [6.07, 6.45) is 1.48. The smallest absolute Gasteiger partial charge is 0.272 e. The molecule has 14 heteroatoms. The fourth-order valence-electron chi connectivity index (χ4n) is 5.05. The SMILES string of the molecule is COc1cc(OC)c(OC)cc1/C=C(\NC(=O)c1ccccc1)C(=O)Nc1ccc(SC(C(=O)Nc2ccc(S(N)(=O)=O)cc2)c2ccccc2)cc1. The molecule has 3 amide bonds. The van der Waals surface area contributed by atoms with Crippen LogP contribution in [0, 0.1) is 0 Å². The quantitative estimate of drug-likeness (QED) is 0.0756. The van der Waals surface area contributed by atoms with E-state index in [4.69, 9.17) is 19.3 Å². The number of methoxy groups -OCH3 is 3. The average Bonchev–Trinajstić information content (AvgIpc) is 3.17. The Morgan fingerprint density at radius 2 is 1.25 bits per heavy atom. The number of carbonyl (C=O) groups excluding carboxylic acids is 3. The first-order valence-electron chi connectivity index (χ1n) is 15.9.